The van der Waals surface area contributed by atoms with Gasteiger partial charge in [-0.15, -0.1) is 0 Å². The van der Waals surface area contributed by atoms with Crippen LogP contribution in [0, 0.1) is 0 Å². The molecule has 0 atom stereocenters. The lowest BCUT2D eigenvalue weighted by atomic mass is 10.0. The number of oxazole rings is 1. The summed E-state index contributed by atoms with van der Waals surface area (Å²) in [6.45, 7) is 8.21. The normalized spacial score (nSPS) is 10.2. The van der Waals surface area contributed by atoms with Gasteiger partial charge >= 0.3 is 5.76 Å². The highest BCUT2D eigenvalue weighted by atomic mass is 16.4. The van der Waals surface area contributed by atoms with E-state index in [0.717, 1.165) is 5.52 Å². The van der Waals surface area contributed by atoms with Crippen molar-refractivity contribution in [3.8, 4) is 0 Å². The minimum absolute atomic E-state index is 0.393. The summed E-state index contributed by atoms with van der Waals surface area (Å²) in [7, 11) is 0. The molecule has 0 amide bonds. The zero-order valence-corrected chi connectivity index (χ0v) is 9.63. The zero-order chi connectivity index (χ0) is 11.4. The van der Waals surface area contributed by atoms with Crippen molar-refractivity contribution in [1.82, 2.24) is 4.98 Å². The van der Waals surface area contributed by atoms with Gasteiger partial charge in [0.05, 0.1) is 5.52 Å². The molecule has 1 N–H and O–H groups in total. The highest BCUT2D eigenvalue weighted by molar-refractivity contribution is 5.72. The molecule has 0 aliphatic rings. The van der Waals surface area contributed by atoms with E-state index in [1.807, 2.05) is 32.0 Å². The van der Waals surface area contributed by atoms with Crippen molar-refractivity contribution >= 4 is 11.1 Å². The van der Waals surface area contributed by atoms with Gasteiger partial charge in [-0.3, -0.25) is 4.98 Å². The molecule has 0 fully saturated rings. The Morgan fingerprint density at radius 2 is 1.93 bits per heavy atom. The SMILES string of the molecule is CC.CC(C)c1ccc2[nH]c(=O)oc2c1. The van der Waals surface area contributed by atoms with E-state index >= 15 is 0 Å². The third kappa shape index (κ3) is 2.49. The molecular formula is C12H17NO2. The van der Waals surface area contributed by atoms with Gasteiger partial charge in [-0.05, 0) is 23.6 Å². The second-order valence-corrected chi connectivity index (χ2v) is 3.42. The summed E-state index contributed by atoms with van der Waals surface area (Å²) in [6.07, 6.45) is 0. The molecule has 82 valence electrons. The van der Waals surface area contributed by atoms with E-state index in [1.165, 1.54) is 5.56 Å². The molecule has 0 aliphatic heterocycles. The number of nitrogens with one attached hydrogen (secondary N) is 1. The molecule has 0 aliphatic carbocycles. The van der Waals surface area contributed by atoms with Crippen molar-refractivity contribution in [2.75, 3.05) is 0 Å². The van der Waals surface area contributed by atoms with Crippen LogP contribution in [-0.4, -0.2) is 4.98 Å². The van der Waals surface area contributed by atoms with E-state index < -0.39 is 5.76 Å². The third-order valence-corrected chi connectivity index (χ3v) is 2.11. The molecule has 0 saturated carbocycles. The number of H-pyrrole nitrogens is 1. The average Bonchev–Trinajstić information content (AvgIpc) is 2.59. The first-order chi connectivity index (χ1) is 7.16. The summed E-state index contributed by atoms with van der Waals surface area (Å²) in [5, 5.41) is 0. The summed E-state index contributed by atoms with van der Waals surface area (Å²) in [5.41, 5.74) is 2.57. The summed E-state index contributed by atoms with van der Waals surface area (Å²) in [6, 6.07) is 5.77. The summed E-state index contributed by atoms with van der Waals surface area (Å²) in [4.78, 5) is 13.5. The summed E-state index contributed by atoms with van der Waals surface area (Å²) >= 11 is 0. The number of rotatable bonds is 1. The molecule has 0 radical (unpaired) electrons. The number of hydrogen-bond donors (Lipinski definition) is 1. The molecule has 0 saturated heterocycles. The maximum Gasteiger partial charge on any atom is 0.417 e. The Morgan fingerprint density at radius 3 is 2.53 bits per heavy atom. The first-order valence-corrected chi connectivity index (χ1v) is 5.29. The van der Waals surface area contributed by atoms with Crippen LogP contribution < -0.4 is 5.76 Å². The van der Waals surface area contributed by atoms with E-state index in [1.54, 1.807) is 0 Å². The van der Waals surface area contributed by atoms with Crippen LogP contribution in [0.15, 0.2) is 27.4 Å². The van der Waals surface area contributed by atoms with Crippen LogP contribution in [0.25, 0.3) is 11.1 Å². The lowest BCUT2D eigenvalue weighted by Crippen LogP contribution is -1.92. The van der Waals surface area contributed by atoms with E-state index in [0.29, 0.717) is 11.5 Å². The van der Waals surface area contributed by atoms with E-state index in [4.69, 9.17) is 4.42 Å². The smallest absolute Gasteiger partial charge is 0.408 e. The van der Waals surface area contributed by atoms with Crippen LogP contribution in [0.4, 0.5) is 0 Å². The van der Waals surface area contributed by atoms with E-state index in [-0.39, 0.29) is 0 Å². The second kappa shape index (κ2) is 4.82. The van der Waals surface area contributed by atoms with Gasteiger partial charge < -0.3 is 4.42 Å². The monoisotopic (exact) mass is 207 g/mol. The lowest BCUT2D eigenvalue weighted by molar-refractivity contribution is 0.555. The Morgan fingerprint density at radius 1 is 1.27 bits per heavy atom. The molecule has 2 aromatic rings. The van der Waals surface area contributed by atoms with Crippen LogP contribution in [0.1, 0.15) is 39.2 Å². The Hall–Kier alpha value is -1.51. The fourth-order valence-electron chi connectivity index (χ4n) is 1.32. The number of aromatic amines is 1. The zero-order valence-electron chi connectivity index (χ0n) is 9.63. The van der Waals surface area contributed by atoms with Crippen molar-refractivity contribution in [2.45, 2.75) is 33.6 Å². The van der Waals surface area contributed by atoms with Crippen LogP contribution in [0.3, 0.4) is 0 Å². The highest BCUT2D eigenvalue weighted by Crippen LogP contribution is 2.18. The largest absolute Gasteiger partial charge is 0.417 e. The molecule has 1 heterocycles. The Balaban J connectivity index is 0.000000531. The molecule has 0 bridgehead atoms. The second-order valence-electron chi connectivity index (χ2n) is 3.42. The number of fused-ring (bicyclic) bond motifs is 1. The Kier molecular flexibility index (Phi) is 3.72. The molecule has 3 heteroatoms. The van der Waals surface area contributed by atoms with Gasteiger partial charge in [0.15, 0.2) is 5.58 Å². The predicted octanol–water partition coefficient (Wildman–Crippen LogP) is 3.27. The van der Waals surface area contributed by atoms with Crippen LogP contribution in [0.2, 0.25) is 0 Å². The highest BCUT2D eigenvalue weighted by Gasteiger charge is 2.03. The number of benzene rings is 1. The van der Waals surface area contributed by atoms with Crippen LogP contribution in [0.5, 0.6) is 0 Å². The van der Waals surface area contributed by atoms with Crippen molar-refractivity contribution in [2.24, 2.45) is 0 Å². The Bertz CT molecular complexity index is 480. The van der Waals surface area contributed by atoms with Crippen molar-refractivity contribution < 1.29 is 4.42 Å². The van der Waals surface area contributed by atoms with Crippen LogP contribution in [-0.2, 0) is 0 Å². The molecule has 1 aromatic carbocycles. The maximum absolute atomic E-state index is 10.8. The fourth-order valence-corrected chi connectivity index (χ4v) is 1.32. The number of hydrogen-bond acceptors (Lipinski definition) is 2. The molecule has 0 spiro atoms. The minimum Gasteiger partial charge on any atom is -0.408 e. The van der Waals surface area contributed by atoms with Gasteiger partial charge in [-0.25, -0.2) is 4.79 Å². The molecule has 2 rings (SSSR count). The topological polar surface area (TPSA) is 46.0 Å². The van der Waals surface area contributed by atoms with Gasteiger partial charge in [0.1, 0.15) is 0 Å². The first kappa shape index (κ1) is 11.6. The standard InChI is InChI=1S/C10H11NO2.C2H6/c1-6(2)7-3-4-8-9(5-7)13-10(12)11-8;1-2/h3-6H,1-2H3,(H,11,12);1-2H3. The van der Waals surface area contributed by atoms with Crippen molar-refractivity contribution in [1.29, 1.82) is 0 Å². The average molecular weight is 207 g/mol. The van der Waals surface area contributed by atoms with E-state index in [9.17, 15) is 4.79 Å². The predicted molar refractivity (Wildman–Crippen MR) is 62.3 cm³/mol. The molecule has 1 aromatic heterocycles. The lowest BCUT2D eigenvalue weighted by Gasteiger charge is -2.02. The first-order valence-electron chi connectivity index (χ1n) is 5.29. The molecular weight excluding hydrogens is 190 g/mol. The van der Waals surface area contributed by atoms with E-state index in [2.05, 4.69) is 18.8 Å². The van der Waals surface area contributed by atoms with Gasteiger partial charge in [0.2, 0.25) is 0 Å². The molecule has 0 unspecified atom stereocenters. The summed E-state index contributed by atoms with van der Waals surface area (Å²) < 4.78 is 4.95. The quantitative estimate of drug-likeness (QED) is 0.780. The van der Waals surface area contributed by atoms with Crippen LogP contribution >= 0.6 is 0 Å². The fraction of sp³-hybridized carbons (Fsp3) is 0.417. The maximum atomic E-state index is 10.8. The molecule has 15 heavy (non-hydrogen) atoms. The van der Waals surface area contributed by atoms with Gasteiger partial charge in [0.25, 0.3) is 0 Å². The number of aromatic nitrogens is 1. The Labute approximate surface area is 89.1 Å². The third-order valence-electron chi connectivity index (χ3n) is 2.11. The van der Waals surface area contributed by atoms with Gasteiger partial charge in [-0.1, -0.05) is 33.8 Å². The van der Waals surface area contributed by atoms with Crippen molar-refractivity contribution in [3.63, 3.8) is 0 Å². The van der Waals surface area contributed by atoms with Gasteiger partial charge in [-0.2, -0.15) is 0 Å². The van der Waals surface area contributed by atoms with Gasteiger partial charge in [0, 0.05) is 0 Å². The molecule has 3 nitrogen and oxygen atoms in total. The van der Waals surface area contributed by atoms with Crippen molar-refractivity contribution in [3.05, 3.63) is 34.3 Å². The summed E-state index contributed by atoms with van der Waals surface area (Å²) in [5.74, 6) is 0.0560. The minimum atomic E-state index is -0.393.